The molecule has 0 saturated carbocycles. The SMILES string of the molecule is COCCCNC(=O)CNc1ccc(OCc2ccccc2)cc1. The van der Waals surface area contributed by atoms with Crippen LogP contribution < -0.4 is 15.4 Å². The van der Waals surface area contributed by atoms with Crippen molar-refractivity contribution in [2.45, 2.75) is 13.0 Å². The van der Waals surface area contributed by atoms with Gasteiger partial charge in [0.25, 0.3) is 0 Å². The van der Waals surface area contributed by atoms with Crippen LogP contribution in [0.25, 0.3) is 0 Å². The maximum absolute atomic E-state index is 11.7. The first-order valence-corrected chi connectivity index (χ1v) is 8.04. The lowest BCUT2D eigenvalue weighted by molar-refractivity contribution is -0.119. The molecule has 0 spiro atoms. The molecule has 5 heteroatoms. The fourth-order valence-corrected chi connectivity index (χ4v) is 2.10. The van der Waals surface area contributed by atoms with E-state index in [2.05, 4.69) is 10.6 Å². The van der Waals surface area contributed by atoms with Gasteiger partial charge in [0.15, 0.2) is 0 Å². The van der Waals surface area contributed by atoms with Crippen molar-refractivity contribution in [3.63, 3.8) is 0 Å². The molecule has 0 atom stereocenters. The fourth-order valence-electron chi connectivity index (χ4n) is 2.10. The highest BCUT2D eigenvalue weighted by Crippen LogP contribution is 2.16. The molecule has 5 nitrogen and oxygen atoms in total. The van der Waals surface area contributed by atoms with Crippen LogP contribution in [0.1, 0.15) is 12.0 Å². The van der Waals surface area contributed by atoms with E-state index in [1.54, 1.807) is 7.11 Å². The van der Waals surface area contributed by atoms with Crippen LogP contribution >= 0.6 is 0 Å². The second-order valence-electron chi connectivity index (χ2n) is 5.35. The van der Waals surface area contributed by atoms with Crippen LogP contribution in [0, 0.1) is 0 Å². The third-order valence-electron chi connectivity index (χ3n) is 3.40. The summed E-state index contributed by atoms with van der Waals surface area (Å²) in [4.78, 5) is 11.7. The number of rotatable bonds is 10. The van der Waals surface area contributed by atoms with Gasteiger partial charge in [0.2, 0.25) is 5.91 Å². The van der Waals surface area contributed by atoms with Gasteiger partial charge < -0.3 is 20.1 Å². The van der Waals surface area contributed by atoms with E-state index in [1.807, 2.05) is 54.6 Å². The van der Waals surface area contributed by atoms with E-state index < -0.39 is 0 Å². The van der Waals surface area contributed by atoms with Crippen molar-refractivity contribution in [3.05, 3.63) is 60.2 Å². The maximum atomic E-state index is 11.7. The zero-order valence-corrected chi connectivity index (χ0v) is 14.0. The van der Waals surface area contributed by atoms with Crippen LogP contribution in [0.3, 0.4) is 0 Å². The highest BCUT2D eigenvalue weighted by molar-refractivity contribution is 5.80. The Kier molecular flexibility index (Phi) is 7.63. The van der Waals surface area contributed by atoms with Crippen LogP contribution in [-0.2, 0) is 16.1 Å². The highest BCUT2D eigenvalue weighted by Gasteiger charge is 2.01. The van der Waals surface area contributed by atoms with Gasteiger partial charge in [-0.25, -0.2) is 0 Å². The van der Waals surface area contributed by atoms with Crippen molar-refractivity contribution < 1.29 is 14.3 Å². The Bertz CT molecular complexity index is 600. The van der Waals surface area contributed by atoms with Gasteiger partial charge in [-0.1, -0.05) is 30.3 Å². The average Bonchev–Trinajstić information content (AvgIpc) is 2.63. The molecule has 0 unspecified atom stereocenters. The minimum atomic E-state index is -0.0319. The molecular weight excluding hydrogens is 304 g/mol. The van der Waals surface area contributed by atoms with Gasteiger partial charge >= 0.3 is 0 Å². The largest absolute Gasteiger partial charge is 0.489 e. The van der Waals surface area contributed by atoms with E-state index in [1.165, 1.54) is 0 Å². The topological polar surface area (TPSA) is 59.6 Å². The van der Waals surface area contributed by atoms with Gasteiger partial charge in [-0.2, -0.15) is 0 Å². The molecule has 24 heavy (non-hydrogen) atoms. The number of hydrogen-bond donors (Lipinski definition) is 2. The zero-order valence-electron chi connectivity index (χ0n) is 14.0. The number of ether oxygens (including phenoxy) is 2. The molecule has 0 fully saturated rings. The number of anilines is 1. The first kappa shape index (κ1) is 17.8. The van der Waals surface area contributed by atoms with Crippen LogP contribution in [0.4, 0.5) is 5.69 Å². The number of carbonyl (C=O) groups is 1. The van der Waals surface area contributed by atoms with E-state index in [0.717, 1.165) is 23.4 Å². The Morgan fingerprint density at radius 2 is 1.79 bits per heavy atom. The zero-order chi connectivity index (χ0) is 17.0. The third kappa shape index (κ3) is 6.71. The van der Waals surface area contributed by atoms with Gasteiger partial charge in [0.1, 0.15) is 12.4 Å². The molecule has 2 N–H and O–H groups in total. The minimum absolute atomic E-state index is 0.0319. The number of hydrogen-bond acceptors (Lipinski definition) is 4. The van der Waals surface area contributed by atoms with E-state index in [-0.39, 0.29) is 12.5 Å². The number of benzene rings is 2. The van der Waals surface area contributed by atoms with Crippen LogP contribution in [0.15, 0.2) is 54.6 Å². The number of amides is 1. The minimum Gasteiger partial charge on any atom is -0.489 e. The Balaban J connectivity index is 1.69. The summed E-state index contributed by atoms with van der Waals surface area (Å²) in [5, 5.41) is 5.92. The van der Waals surface area contributed by atoms with Crippen LogP contribution in [0.5, 0.6) is 5.75 Å². The van der Waals surface area contributed by atoms with E-state index in [0.29, 0.717) is 19.8 Å². The van der Waals surface area contributed by atoms with E-state index in [4.69, 9.17) is 9.47 Å². The molecule has 0 aliphatic rings. The number of methoxy groups -OCH3 is 1. The monoisotopic (exact) mass is 328 g/mol. The van der Waals surface area contributed by atoms with Crippen LogP contribution in [0.2, 0.25) is 0 Å². The fraction of sp³-hybridized carbons (Fsp3) is 0.316. The first-order valence-electron chi connectivity index (χ1n) is 8.04. The Morgan fingerprint density at radius 1 is 1.04 bits per heavy atom. The second kappa shape index (κ2) is 10.3. The summed E-state index contributed by atoms with van der Waals surface area (Å²) in [5.74, 6) is 0.768. The molecule has 0 aliphatic heterocycles. The van der Waals surface area contributed by atoms with Gasteiger partial charge in [-0.05, 0) is 36.2 Å². The quantitative estimate of drug-likeness (QED) is 0.659. The summed E-state index contributed by atoms with van der Waals surface area (Å²) in [6.07, 6.45) is 0.815. The molecule has 0 bridgehead atoms. The molecule has 128 valence electrons. The second-order valence-corrected chi connectivity index (χ2v) is 5.35. The van der Waals surface area contributed by atoms with E-state index >= 15 is 0 Å². The Labute approximate surface area is 143 Å². The number of nitrogens with one attached hydrogen (secondary N) is 2. The first-order chi connectivity index (χ1) is 11.8. The summed E-state index contributed by atoms with van der Waals surface area (Å²) in [7, 11) is 1.65. The summed E-state index contributed by atoms with van der Waals surface area (Å²) >= 11 is 0. The predicted molar refractivity (Wildman–Crippen MR) is 95.2 cm³/mol. The molecule has 2 aromatic carbocycles. The molecule has 0 heterocycles. The van der Waals surface area contributed by atoms with Gasteiger partial charge in [-0.3, -0.25) is 4.79 Å². The predicted octanol–water partition coefficient (Wildman–Crippen LogP) is 2.83. The third-order valence-corrected chi connectivity index (χ3v) is 3.40. The molecule has 0 aromatic heterocycles. The lowest BCUT2D eigenvalue weighted by atomic mass is 10.2. The average molecular weight is 328 g/mol. The molecular formula is C19H24N2O3. The van der Waals surface area contributed by atoms with Crippen molar-refractivity contribution in [3.8, 4) is 5.75 Å². The Morgan fingerprint density at radius 3 is 2.50 bits per heavy atom. The van der Waals surface area contributed by atoms with Crippen LogP contribution in [-0.4, -0.2) is 32.7 Å². The lowest BCUT2D eigenvalue weighted by Gasteiger charge is -2.09. The van der Waals surface area contributed by atoms with Gasteiger partial charge in [0, 0.05) is 25.9 Å². The molecule has 0 radical (unpaired) electrons. The van der Waals surface area contributed by atoms with Gasteiger partial charge in [-0.15, -0.1) is 0 Å². The maximum Gasteiger partial charge on any atom is 0.239 e. The normalized spacial score (nSPS) is 10.2. The van der Waals surface area contributed by atoms with Crippen molar-refractivity contribution in [2.24, 2.45) is 0 Å². The van der Waals surface area contributed by atoms with Crippen molar-refractivity contribution in [1.29, 1.82) is 0 Å². The lowest BCUT2D eigenvalue weighted by Crippen LogP contribution is -2.31. The van der Waals surface area contributed by atoms with Crippen molar-refractivity contribution >= 4 is 11.6 Å². The summed E-state index contributed by atoms with van der Waals surface area (Å²) in [6.45, 7) is 2.06. The molecule has 0 saturated heterocycles. The smallest absolute Gasteiger partial charge is 0.239 e. The molecule has 2 aromatic rings. The Hall–Kier alpha value is -2.53. The van der Waals surface area contributed by atoms with Gasteiger partial charge in [0.05, 0.1) is 6.54 Å². The van der Waals surface area contributed by atoms with E-state index in [9.17, 15) is 4.79 Å². The highest BCUT2D eigenvalue weighted by atomic mass is 16.5. The summed E-state index contributed by atoms with van der Waals surface area (Å²) in [5.41, 5.74) is 2.01. The standard InChI is InChI=1S/C19H24N2O3/c1-23-13-5-12-20-19(22)14-21-17-8-10-18(11-9-17)24-15-16-6-3-2-4-7-16/h2-4,6-11,21H,5,12-15H2,1H3,(H,20,22). The summed E-state index contributed by atoms with van der Waals surface area (Å²) in [6, 6.07) is 17.6. The molecule has 0 aliphatic carbocycles. The summed E-state index contributed by atoms with van der Waals surface area (Å²) < 4.78 is 10.7. The number of carbonyl (C=O) groups excluding carboxylic acids is 1. The van der Waals surface area contributed by atoms with Crippen molar-refractivity contribution in [1.82, 2.24) is 5.32 Å². The van der Waals surface area contributed by atoms with Crippen molar-refractivity contribution in [2.75, 3.05) is 32.1 Å². The molecule has 1 amide bonds. The molecule has 2 rings (SSSR count).